The van der Waals surface area contributed by atoms with Crippen molar-refractivity contribution >= 4 is 40.6 Å². The van der Waals surface area contributed by atoms with Crippen molar-refractivity contribution in [3.63, 3.8) is 0 Å². The molecule has 0 spiro atoms. The highest BCUT2D eigenvalue weighted by Gasteiger charge is 2.44. The Hall–Kier alpha value is -4.10. The predicted octanol–water partition coefficient (Wildman–Crippen LogP) is 6.16. The number of nitrogens with one attached hydrogen (secondary N) is 1. The summed E-state index contributed by atoms with van der Waals surface area (Å²) in [6, 6.07) is 20.7. The van der Waals surface area contributed by atoms with E-state index >= 15 is 0 Å². The van der Waals surface area contributed by atoms with Crippen molar-refractivity contribution in [3.05, 3.63) is 101 Å². The Bertz CT molecular complexity index is 1370. The molecule has 3 atom stereocenters. The first-order valence-corrected chi connectivity index (χ1v) is 12.6. The number of carboxylic acid groups (broad SMARTS) is 1. The number of anilines is 2. The highest BCUT2D eigenvalue weighted by molar-refractivity contribution is 6.30. The van der Waals surface area contributed by atoms with Crippen LogP contribution in [-0.2, 0) is 9.59 Å². The Morgan fingerprint density at radius 1 is 1.00 bits per heavy atom. The fourth-order valence-corrected chi connectivity index (χ4v) is 4.88. The van der Waals surface area contributed by atoms with E-state index in [9.17, 15) is 14.4 Å². The monoisotopic (exact) mass is 532 g/mol. The second-order valence-corrected chi connectivity index (χ2v) is 9.68. The van der Waals surface area contributed by atoms with E-state index in [1.54, 1.807) is 53.4 Å². The van der Waals surface area contributed by atoms with Crippen LogP contribution in [-0.4, -0.2) is 35.4 Å². The van der Waals surface area contributed by atoms with Crippen LogP contribution in [0.2, 0.25) is 5.02 Å². The second kappa shape index (κ2) is 11.5. The van der Waals surface area contributed by atoms with Crippen molar-refractivity contribution in [2.45, 2.75) is 32.9 Å². The van der Waals surface area contributed by atoms with Crippen LogP contribution < -0.4 is 15.0 Å². The number of amides is 1. The minimum absolute atomic E-state index is 0.0997. The molecule has 196 valence electrons. The topological polar surface area (TPSA) is 95.9 Å². The van der Waals surface area contributed by atoms with Gasteiger partial charge in [0.1, 0.15) is 12.4 Å². The summed E-state index contributed by atoms with van der Waals surface area (Å²) in [5, 5.41) is 13.0. The predicted molar refractivity (Wildman–Crippen MR) is 148 cm³/mol. The fraction of sp³-hybridized carbons (Fsp3) is 0.233. The lowest BCUT2D eigenvalue weighted by molar-refractivity contribution is -0.132. The van der Waals surface area contributed by atoms with E-state index in [4.69, 9.17) is 21.4 Å². The molecule has 38 heavy (non-hydrogen) atoms. The number of aliphatic carboxylic acids is 1. The summed E-state index contributed by atoms with van der Waals surface area (Å²) in [7, 11) is 0. The smallest absolute Gasteiger partial charge is 0.331 e. The molecular formula is C30H29ClN2O5. The van der Waals surface area contributed by atoms with Gasteiger partial charge >= 0.3 is 5.97 Å². The van der Waals surface area contributed by atoms with Gasteiger partial charge in [0.25, 0.3) is 0 Å². The van der Waals surface area contributed by atoms with E-state index in [1.807, 2.05) is 31.2 Å². The van der Waals surface area contributed by atoms with Crippen LogP contribution in [0, 0.1) is 5.92 Å². The Balaban J connectivity index is 1.68. The lowest BCUT2D eigenvalue weighted by atomic mass is 9.77. The average Bonchev–Trinajstić information content (AvgIpc) is 2.89. The molecule has 4 rings (SSSR count). The first-order valence-electron chi connectivity index (χ1n) is 12.3. The van der Waals surface area contributed by atoms with E-state index in [1.165, 1.54) is 19.9 Å². The quantitative estimate of drug-likeness (QED) is 0.266. The van der Waals surface area contributed by atoms with E-state index in [-0.39, 0.29) is 29.9 Å². The highest BCUT2D eigenvalue weighted by Crippen LogP contribution is 2.44. The van der Waals surface area contributed by atoms with E-state index in [0.29, 0.717) is 22.0 Å². The van der Waals surface area contributed by atoms with Gasteiger partial charge in [0, 0.05) is 40.5 Å². The number of carbonyl (C=O) groups excluding carboxylic acids is 2. The highest BCUT2D eigenvalue weighted by atomic mass is 35.5. The molecule has 8 heteroatoms. The Morgan fingerprint density at radius 3 is 2.29 bits per heavy atom. The van der Waals surface area contributed by atoms with Crippen molar-refractivity contribution < 1.29 is 24.2 Å². The van der Waals surface area contributed by atoms with Gasteiger partial charge < -0.3 is 20.1 Å². The molecule has 0 aliphatic carbocycles. The van der Waals surface area contributed by atoms with Gasteiger partial charge in [-0.3, -0.25) is 9.59 Å². The van der Waals surface area contributed by atoms with Gasteiger partial charge in [-0.2, -0.15) is 0 Å². The van der Waals surface area contributed by atoms with Gasteiger partial charge in [-0.05, 0) is 80.1 Å². The van der Waals surface area contributed by atoms with Crippen LogP contribution in [0.3, 0.4) is 0 Å². The van der Waals surface area contributed by atoms with Crippen molar-refractivity contribution in [2.24, 2.45) is 5.92 Å². The fourth-order valence-electron chi connectivity index (χ4n) is 4.76. The third-order valence-electron chi connectivity index (χ3n) is 6.68. The minimum Gasteiger partial charge on any atom is -0.490 e. The van der Waals surface area contributed by atoms with Crippen LogP contribution >= 0.6 is 11.6 Å². The van der Waals surface area contributed by atoms with E-state index in [2.05, 4.69) is 5.32 Å². The minimum atomic E-state index is -1.00. The normalized spacial score (nSPS) is 18.6. The number of hydrogen-bond acceptors (Lipinski definition) is 5. The number of ether oxygens (including phenoxy) is 1. The maximum absolute atomic E-state index is 14.0. The average molecular weight is 533 g/mol. The van der Waals surface area contributed by atoms with Gasteiger partial charge in [-0.15, -0.1) is 0 Å². The maximum atomic E-state index is 14.0. The summed E-state index contributed by atoms with van der Waals surface area (Å²) in [5.41, 5.74) is 3.06. The van der Waals surface area contributed by atoms with Gasteiger partial charge in [-0.1, -0.05) is 29.8 Å². The molecule has 2 N–H and O–H groups in total. The van der Waals surface area contributed by atoms with Crippen LogP contribution in [0.4, 0.5) is 11.4 Å². The Morgan fingerprint density at radius 2 is 1.66 bits per heavy atom. The molecule has 0 radical (unpaired) electrons. The molecule has 1 unspecified atom stereocenters. The van der Waals surface area contributed by atoms with Crippen LogP contribution in [0.15, 0.2) is 84.4 Å². The molecule has 0 saturated heterocycles. The molecule has 1 aliphatic heterocycles. The molecule has 7 nitrogen and oxygen atoms in total. The number of para-hydroxylation sites is 1. The summed E-state index contributed by atoms with van der Waals surface area (Å²) in [6.45, 7) is 5.04. The van der Waals surface area contributed by atoms with Gasteiger partial charge in [-0.25, -0.2) is 4.79 Å². The number of carbonyl (C=O) groups is 3. The van der Waals surface area contributed by atoms with Crippen molar-refractivity contribution in [2.75, 3.05) is 16.8 Å². The molecule has 0 fully saturated rings. The van der Waals surface area contributed by atoms with E-state index in [0.717, 1.165) is 11.3 Å². The molecule has 1 aliphatic rings. The second-order valence-electron chi connectivity index (χ2n) is 9.25. The maximum Gasteiger partial charge on any atom is 0.331 e. The van der Waals surface area contributed by atoms with Crippen molar-refractivity contribution in [1.29, 1.82) is 0 Å². The summed E-state index contributed by atoms with van der Waals surface area (Å²) < 4.78 is 5.61. The van der Waals surface area contributed by atoms with Gasteiger partial charge in [0.05, 0.1) is 12.0 Å². The van der Waals surface area contributed by atoms with Crippen LogP contribution in [0.1, 0.15) is 42.7 Å². The number of benzene rings is 3. The summed E-state index contributed by atoms with van der Waals surface area (Å²) in [5.74, 6) is -1.37. The van der Waals surface area contributed by atoms with E-state index < -0.39 is 17.9 Å². The van der Waals surface area contributed by atoms with Gasteiger partial charge in [0.15, 0.2) is 5.78 Å². The molecule has 0 saturated carbocycles. The number of rotatable bonds is 8. The molecule has 3 aromatic carbocycles. The zero-order valence-electron chi connectivity index (χ0n) is 21.4. The third-order valence-corrected chi connectivity index (χ3v) is 6.93. The summed E-state index contributed by atoms with van der Waals surface area (Å²) >= 11 is 6.11. The molecule has 0 aromatic heterocycles. The lowest BCUT2D eigenvalue weighted by Crippen LogP contribution is -2.49. The first kappa shape index (κ1) is 26.9. The lowest BCUT2D eigenvalue weighted by Gasteiger charge is -2.43. The number of Topliss-reactive ketones (excluding diaryl/α,β-unsaturated/α-hetero) is 1. The van der Waals surface area contributed by atoms with Gasteiger partial charge in [0.2, 0.25) is 5.91 Å². The zero-order chi connectivity index (χ0) is 27.4. The van der Waals surface area contributed by atoms with Crippen LogP contribution in [0.25, 0.3) is 0 Å². The Labute approximate surface area is 226 Å². The first-order chi connectivity index (χ1) is 18.2. The SMILES string of the molecule is CC(=O)N(c1ccc(Cl)cc1)[C@H]1c2ccccc2N[C@@H](C)C1C(=O)c1ccc(OC/C=C(\C)C(=O)O)cc1. The number of ketones is 1. The molecule has 1 amide bonds. The number of hydrogen-bond donors (Lipinski definition) is 2. The van der Waals surface area contributed by atoms with Crippen molar-refractivity contribution in [1.82, 2.24) is 0 Å². The zero-order valence-corrected chi connectivity index (χ0v) is 22.1. The van der Waals surface area contributed by atoms with Crippen molar-refractivity contribution in [3.8, 4) is 5.75 Å². The molecular weight excluding hydrogens is 504 g/mol. The Kier molecular flexibility index (Phi) is 8.17. The summed E-state index contributed by atoms with van der Waals surface area (Å²) in [6.07, 6.45) is 1.48. The molecule has 1 heterocycles. The molecule has 3 aromatic rings. The third kappa shape index (κ3) is 5.73. The number of carboxylic acids is 1. The number of nitrogens with zero attached hydrogens (tertiary/aromatic N) is 1. The molecule has 0 bridgehead atoms. The largest absolute Gasteiger partial charge is 0.490 e. The van der Waals surface area contributed by atoms with Crippen LogP contribution in [0.5, 0.6) is 5.75 Å². The number of halogens is 1. The standard InChI is InChI=1S/C30H29ClN2O5/c1-18(30(36)37)16-17-38-24-14-8-21(9-15-24)29(35)27-19(2)32-26-7-5-4-6-25(26)28(27)33(20(3)34)23-12-10-22(31)11-13-23/h4-16,19,27-28,32H,17H2,1-3H3,(H,36,37)/b18-16+/t19-,27?,28-/m0/s1. The number of fused-ring (bicyclic) bond motifs is 1. The summed E-state index contributed by atoms with van der Waals surface area (Å²) in [4.78, 5) is 39.7.